The molecule has 0 aromatic heterocycles. The van der Waals surface area contributed by atoms with Crippen LogP contribution in [0.1, 0.15) is 23.2 Å². The highest BCUT2D eigenvalue weighted by atomic mass is 16.5. The first kappa shape index (κ1) is 13.3. The summed E-state index contributed by atoms with van der Waals surface area (Å²) in [5.41, 5.74) is -1.03. The second-order valence-corrected chi connectivity index (χ2v) is 6.85. The molecular formula is C19H16O4. The molecule has 1 saturated carbocycles. The molecule has 0 radical (unpaired) electrons. The predicted octanol–water partition coefficient (Wildman–Crippen LogP) is 2.49. The zero-order chi connectivity index (χ0) is 15.8. The third-order valence-corrected chi connectivity index (χ3v) is 5.79. The number of Topliss-reactive ketones (excluding diaryl/α,β-unsaturated/α-hetero) is 2. The highest BCUT2D eigenvalue weighted by molar-refractivity contribution is 6.20. The maximum atomic E-state index is 13.4. The molecule has 2 heterocycles. The lowest BCUT2D eigenvalue weighted by atomic mass is 9.54. The second kappa shape index (κ2) is 4.01. The minimum atomic E-state index is -1.18. The van der Waals surface area contributed by atoms with Gasteiger partial charge >= 0.3 is 0 Å². The van der Waals surface area contributed by atoms with E-state index in [4.69, 9.17) is 9.47 Å². The van der Waals surface area contributed by atoms with Crippen LogP contribution in [0.15, 0.2) is 48.6 Å². The Morgan fingerprint density at radius 3 is 2.96 bits per heavy atom. The van der Waals surface area contributed by atoms with Gasteiger partial charge in [-0.3, -0.25) is 9.59 Å². The molecule has 3 aliphatic carbocycles. The Balaban J connectivity index is 1.76. The Labute approximate surface area is 133 Å². The molecule has 23 heavy (non-hydrogen) atoms. The van der Waals surface area contributed by atoms with Gasteiger partial charge in [-0.15, -0.1) is 6.58 Å². The van der Waals surface area contributed by atoms with Gasteiger partial charge in [0, 0.05) is 24.3 Å². The van der Waals surface area contributed by atoms with E-state index in [1.807, 2.05) is 18.2 Å². The van der Waals surface area contributed by atoms with E-state index in [9.17, 15) is 9.59 Å². The van der Waals surface area contributed by atoms with Crippen molar-refractivity contribution in [2.45, 2.75) is 24.0 Å². The number of rotatable bonds is 2. The van der Waals surface area contributed by atoms with Gasteiger partial charge in [0.1, 0.15) is 11.4 Å². The fraction of sp³-hybridized carbons (Fsp3) is 0.368. The molecule has 4 atom stereocenters. The van der Waals surface area contributed by atoms with Crippen molar-refractivity contribution in [3.63, 3.8) is 0 Å². The zero-order valence-electron chi connectivity index (χ0n) is 12.6. The van der Waals surface area contributed by atoms with Crippen LogP contribution in [0.4, 0.5) is 0 Å². The van der Waals surface area contributed by atoms with E-state index < -0.39 is 11.2 Å². The van der Waals surface area contributed by atoms with Gasteiger partial charge in [-0.25, -0.2) is 0 Å². The predicted molar refractivity (Wildman–Crippen MR) is 82.3 cm³/mol. The van der Waals surface area contributed by atoms with Crippen LogP contribution in [0.3, 0.4) is 0 Å². The van der Waals surface area contributed by atoms with Gasteiger partial charge in [0.15, 0.2) is 11.4 Å². The Hall–Kier alpha value is -2.20. The van der Waals surface area contributed by atoms with E-state index in [1.54, 1.807) is 18.2 Å². The second-order valence-electron chi connectivity index (χ2n) is 6.85. The number of fused-ring (bicyclic) bond motifs is 1. The maximum Gasteiger partial charge on any atom is 0.213 e. The van der Waals surface area contributed by atoms with E-state index in [0.29, 0.717) is 36.3 Å². The Kier molecular flexibility index (Phi) is 2.31. The normalized spacial score (nSPS) is 39.4. The number of carbonyl (C=O) groups excluding carboxylic acids is 2. The molecule has 5 aliphatic rings. The summed E-state index contributed by atoms with van der Waals surface area (Å²) < 4.78 is 12.2. The van der Waals surface area contributed by atoms with Crippen LogP contribution in [0.25, 0.3) is 0 Å². The molecule has 6 rings (SSSR count). The zero-order valence-corrected chi connectivity index (χ0v) is 12.6. The van der Waals surface area contributed by atoms with Crippen LogP contribution >= 0.6 is 0 Å². The van der Waals surface area contributed by atoms with Crippen LogP contribution < -0.4 is 4.74 Å². The quantitative estimate of drug-likeness (QED) is 0.788. The number of ketones is 2. The number of para-hydroxylation sites is 1. The van der Waals surface area contributed by atoms with Crippen molar-refractivity contribution in [3.8, 4) is 5.75 Å². The molecule has 116 valence electrons. The molecule has 0 amide bonds. The van der Waals surface area contributed by atoms with Crippen molar-refractivity contribution in [2.24, 2.45) is 11.8 Å². The summed E-state index contributed by atoms with van der Waals surface area (Å²) in [6.45, 7) is 4.31. The topological polar surface area (TPSA) is 52.6 Å². The lowest BCUT2D eigenvalue weighted by Crippen LogP contribution is -2.68. The Bertz CT molecular complexity index is 807. The summed E-state index contributed by atoms with van der Waals surface area (Å²) in [5.74, 6) is 0.468. The van der Waals surface area contributed by atoms with Gasteiger partial charge in [0.25, 0.3) is 0 Å². The minimum Gasteiger partial charge on any atom is -0.474 e. The molecule has 2 aliphatic heterocycles. The summed E-state index contributed by atoms with van der Waals surface area (Å²) in [7, 11) is 0. The SMILES string of the molecule is C=CC[C@@]12OC[C@H]3C[C@@]4(Oc5ccccc5C(=O)C4=C[C@H]31)C2=O. The maximum absolute atomic E-state index is 13.4. The van der Waals surface area contributed by atoms with Crippen molar-refractivity contribution < 1.29 is 19.1 Å². The molecule has 1 aromatic carbocycles. The molecule has 4 nitrogen and oxygen atoms in total. The minimum absolute atomic E-state index is 0.0531. The van der Waals surface area contributed by atoms with Crippen LogP contribution in [0, 0.1) is 11.8 Å². The molecule has 1 spiro atoms. The first-order valence-electron chi connectivity index (χ1n) is 7.97. The summed E-state index contributed by atoms with van der Waals surface area (Å²) >= 11 is 0. The van der Waals surface area contributed by atoms with E-state index >= 15 is 0 Å². The number of ether oxygens (including phenoxy) is 2. The number of hydrogen-bond acceptors (Lipinski definition) is 4. The first-order chi connectivity index (χ1) is 11.1. The fourth-order valence-electron chi connectivity index (χ4n) is 4.84. The van der Waals surface area contributed by atoms with E-state index in [2.05, 4.69) is 6.58 Å². The van der Waals surface area contributed by atoms with E-state index in [0.717, 1.165) is 0 Å². The fourth-order valence-corrected chi connectivity index (χ4v) is 4.84. The summed E-state index contributed by atoms with van der Waals surface area (Å²) in [6.07, 6.45) is 4.66. The van der Waals surface area contributed by atoms with Gasteiger partial charge in [-0.2, -0.15) is 0 Å². The van der Waals surface area contributed by atoms with Gasteiger partial charge < -0.3 is 9.47 Å². The average Bonchev–Trinajstić information content (AvgIpc) is 2.87. The van der Waals surface area contributed by atoms with Crippen molar-refractivity contribution in [3.05, 3.63) is 54.1 Å². The van der Waals surface area contributed by atoms with Gasteiger partial charge in [-0.05, 0) is 18.1 Å². The Morgan fingerprint density at radius 1 is 1.30 bits per heavy atom. The van der Waals surface area contributed by atoms with Gasteiger partial charge in [0.05, 0.1) is 12.2 Å². The smallest absolute Gasteiger partial charge is 0.213 e. The van der Waals surface area contributed by atoms with Crippen molar-refractivity contribution in [1.29, 1.82) is 0 Å². The van der Waals surface area contributed by atoms with Crippen molar-refractivity contribution in [1.82, 2.24) is 0 Å². The largest absolute Gasteiger partial charge is 0.474 e. The molecule has 4 bridgehead atoms. The van der Waals surface area contributed by atoms with Crippen molar-refractivity contribution >= 4 is 11.6 Å². The molecule has 1 saturated heterocycles. The third kappa shape index (κ3) is 1.33. The lowest BCUT2D eigenvalue weighted by molar-refractivity contribution is -0.160. The summed E-state index contributed by atoms with van der Waals surface area (Å²) in [6, 6.07) is 7.15. The molecule has 1 aromatic rings. The van der Waals surface area contributed by atoms with Crippen LogP contribution in [0.2, 0.25) is 0 Å². The Morgan fingerprint density at radius 2 is 2.13 bits per heavy atom. The third-order valence-electron chi connectivity index (χ3n) is 5.79. The molecule has 0 N–H and O–H groups in total. The highest BCUT2D eigenvalue weighted by Crippen LogP contribution is 2.59. The summed E-state index contributed by atoms with van der Waals surface area (Å²) in [4.78, 5) is 26.3. The number of hydrogen-bond donors (Lipinski definition) is 0. The van der Waals surface area contributed by atoms with Gasteiger partial charge in [0.2, 0.25) is 5.78 Å². The number of benzene rings is 1. The monoisotopic (exact) mass is 308 g/mol. The lowest BCUT2D eigenvalue weighted by Gasteiger charge is -2.52. The van der Waals surface area contributed by atoms with Crippen LogP contribution in [-0.2, 0) is 9.53 Å². The van der Waals surface area contributed by atoms with Gasteiger partial charge in [-0.1, -0.05) is 24.3 Å². The average molecular weight is 308 g/mol. The van der Waals surface area contributed by atoms with Crippen LogP contribution in [0.5, 0.6) is 5.75 Å². The summed E-state index contributed by atoms with van der Waals surface area (Å²) in [5, 5.41) is 0. The first-order valence-corrected chi connectivity index (χ1v) is 7.97. The highest BCUT2D eigenvalue weighted by Gasteiger charge is 2.72. The standard InChI is InChI=1S/C19H16O4/c1-2-7-18-13-8-14-16(20)12-5-3-4-6-15(12)23-19(14,17(18)21)9-11(13)10-22-18/h2-6,8,11,13H,1,7,9-10H2/t11-,13-,18-,19+/m1/s1. The van der Waals surface area contributed by atoms with Crippen LogP contribution in [-0.4, -0.2) is 29.4 Å². The van der Waals surface area contributed by atoms with E-state index in [1.165, 1.54) is 0 Å². The molecule has 0 unspecified atom stereocenters. The number of carbonyl (C=O) groups is 2. The van der Waals surface area contributed by atoms with E-state index in [-0.39, 0.29) is 23.4 Å². The molecule has 4 heteroatoms. The molecular weight excluding hydrogens is 292 g/mol. The van der Waals surface area contributed by atoms with Crippen molar-refractivity contribution in [2.75, 3.05) is 6.61 Å². The molecule has 2 fully saturated rings.